The Kier molecular flexibility index (Phi) is 36.1. The number of unbranched alkanes of at least 4 members (excludes halogenated alkanes) is 23. The Bertz CT molecular complexity index is 1170. The van der Waals surface area contributed by atoms with Gasteiger partial charge in [0.15, 0.2) is 12.6 Å². The lowest BCUT2D eigenvalue weighted by Gasteiger charge is -2.42. The van der Waals surface area contributed by atoms with Crippen LogP contribution < -0.4 is 0 Å². The number of rotatable bonds is 41. The molecule has 382 valence electrons. The molecule has 0 aromatic rings. The third-order valence-electron chi connectivity index (χ3n) is 12.5. The number of hydrogen-bond acceptors (Lipinski definition) is 14. The van der Waals surface area contributed by atoms with Gasteiger partial charge in [0.1, 0.15) is 54.9 Å². The molecular formula is C51H94O14. The van der Waals surface area contributed by atoms with Crippen LogP contribution in [0.5, 0.6) is 0 Å². The van der Waals surface area contributed by atoms with Gasteiger partial charge in [-0.15, -0.1) is 0 Å². The molecule has 14 heteroatoms. The van der Waals surface area contributed by atoms with Crippen molar-refractivity contribution < 1.29 is 69.0 Å². The first kappa shape index (κ1) is 59.6. The Labute approximate surface area is 392 Å². The SMILES string of the molecule is CCCCCCC/C=C\C/C=C\CCCCCCCCCCCCCCCCOCC(COC1OC(COC2OC(CO)C(O)C(O)C2O)C(O)C(O)C1O)OC(=O)CCCCCCC. The summed E-state index contributed by atoms with van der Waals surface area (Å²) in [5.74, 6) is -0.388. The summed E-state index contributed by atoms with van der Waals surface area (Å²) in [6, 6.07) is 0. The molecule has 0 radical (unpaired) electrons. The predicted molar refractivity (Wildman–Crippen MR) is 252 cm³/mol. The highest BCUT2D eigenvalue weighted by atomic mass is 16.7. The zero-order valence-electron chi connectivity index (χ0n) is 40.5. The van der Waals surface area contributed by atoms with E-state index >= 15 is 0 Å². The first-order valence-electron chi connectivity index (χ1n) is 25.9. The number of ether oxygens (including phenoxy) is 6. The van der Waals surface area contributed by atoms with Gasteiger partial charge in [0.25, 0.3) is 0 Å². The third kappa shape index (κ3) is 27.3. The van der Waals surface area contributed by atoms with Gasteiger partial charge in [0, 0.05) is 13.0 Å². The summed E-state index contributed by atoms with van der Waals surface area (Å²) >= 11 is 0. The molecule has 65 heavy (non-hydrogen) atoms. The topological polar surface area (TPSA) is 214 Å². The highest BCUT2D eigenvalue weighted by Crippen LogP contribution is 2.26. The van der Waals surface area contributed by atoms with Crippen molar-refractivity contribution >= 4 is 5.97 Å². The molecule has 7 N–H and O–H groups in total. The molecule has 2 heterocycles. The number of hydrogen-bond donors (Lipinski definition) is 7. The molecule has 2 aliphatic rings. The zero-order valence-corrected chi connectivity index (χ0v) is 40.5. The third-order valence-corrected chi connectivity index (χ3v) is 12.5. The molecule has 0 bridgehead atoms. The number of aliphatic hydroxyl groups excluding tert-OH is 7. The van der Waals surface area contributed by atoms with Crippen LogP contribution in [-0.2, 0) is 33.2 Å². The largest absolute Gasteiger partial charge is 0.457 e. The van der Waals surface area contributed by atoms with Gasteiger partial charge in [0.05, 0.1) is 26.4 Å². The molecule has 2 aliphatic heterocycles. The van der Waals surface area contributed by atoms with E-state index in [-0.39, 0.29) is 25.6 Å². The highest BCUT2D eigenvalue weighted by Gasteiger charge is 2.47. The average Bonchev–Trinajstić information content (AvgIpc) is 3.30. The molecule has 2 rings (SSSR count). The van der Waals surface area contributed by atoms with E-state index in [1.54, 1.807) is 0 Å². The lowest BCUT2D eigenvalue weighted by Crippen LogP contribution is -2.61. The highest BCUT2D eigenvalue weighted by molar-refractivity contribution is 5.69. The maximum Gasteiger partial charge on any atom is 0.306 e. The Morgan fingerprint density at radius 3 is 1.48 bits per heavy atom. The van der Waals surface area contributed by atoms with Crippen LogP contribution >= 0.6 is 0 Å². The van der Waals surface area contributed by atoms with Gasteiger partial charge in [0.2, 0.25) is 0 Å². The minimum atomic E-state index is -1.70. The molecule has 0 spiro atoms. The van der Waals surface area contributed by atoms with E-state index < -0.39 is 80.7 Å². The lowest BCUT2D eigenvalue weighted by molar-refractivity contribution is -0.332. The summed E-state index contributed by atoms with van der Waals surface area (Å²) in [5.41, 5.74) is 0. The summed E-state index contributed by atoms with van der Waals surface area (Å²) in [5, 5.41) is 71.8. The van der Waals surface area contributed by atoms with Crippen molar-refractivity contribution in [3.63, 3.8) is 0 Å². The smallest absolute Gasteiger partial charge is 0.306 e. The maximum absolute atomic E-state index is 12.8. The summed E-state index contributed by atoms with van der Waals surface area (Å²) in [7, 11) is 0. The first-order chi connectivity index (χ1) is 31.6. The van der Waals surface area contributed by atoms with Crippen molar-refractivity contribution in [2.75, 3.05) is 33.0 Å². The minimum Gasteiger partial charge on any atom is -0.457 e. The van der Waals surface area contributed by atoms with Crippen molar-refractivity contribution in [2.45, 2.75) is 261 Å². The van der Waals surface area contributed by atoms with Gasteiger partial charge in [-0.2, -0.15) is 0 Å². The van der Waals surface area contributed by atoms with Gasteiger partial charge >= 0.3 is 5.97 Å². The van der Waals surface area contributed by atoms with E-state index in [9.17, 15) is 40.5 Å². The standard InChI is InChI=1S/C51H94O14/c1-3-5-7-9-10-11-12-13-14-15-16-17-18-19-20-21-22-23-24-25-26-27-28-29-31-33-35-60-37-40(63-43(53)34-32-30-8-6-4-2)38-61-50-49(59)47(57)45(55)42(65-50)39-62-51-48(58)46(56)44(54)41(36-52)64-51/h12-13,15-16,40-42,44-52,54-59H,3-11,14,17-39H2,1-2H3/b13-12-,16-15-. The predicted octanol–water partition coefficient (Wildman–Crippen LogP) is 7.63. The van der Waals surface area contributed by atoms with Gasteiger partial charge in [-0.1, -0.05) is 167 Å². The summed E-state index contributed by atoms with van der Waals surface area (Å²) in [4.78, 5) is 12.8. The van der Waals surface area contributed by atoms with Gasteiger partial charge in [-0.05, 0) is 44.9 Å². The number of carbonyl (C=O) groups excluding carboxylic acids is 1. The molecule has 14 nitrogen and oxygen atoms in total. The second kappa shape index (κ2) is 39.3. The van der Waals surface area contributed by atoms with E-state index in [4.69, 9.17) is 28.4 Å². The van der Waals surface area contributed by atoms with Crippen LogP contribution in [-0.4, -0.2) is 142 Å². The maximum atomic E-state index is 12.8. The molecule has 0 saturated carbocycles. The van der Waals surface area contributed by atoms with E-state index in [0.29, 0.717) is 13.0 Å². The van der Waals surface area contributed by atoms with Crippen LogP contribution in [0.15, 0.2) is 24.3 Å². The van der Waals surface area contributed by atoms with Crippen LogP contribution in [0.1, 0.15) is 194 Å². The van der Waals surface area contributed by atoms with Crippen LogP contribution in [0.25, 0.3) is 0 Å². The molecule has 11 unspecified atom stereocenters. The van der Waals surface area contributed by atoms with Crippen molar-refractivity contribution in [1.29, 1.82) is 0 Å². The fourth-order valence-corrected chi connectivity index (χ4v) is 8.20. The Hall–Kier alpha value is -1.53. The minimum absolute atomic E-state index is 0.0635. The monoisotopic (exact) mass is 931 g/mol. The fourth-order valence-electron chi connectivity index (χ4n) is 8.20. The summed E-state index contributed by atoms with van der Waals surface area (Å²) in [6.45, 7) is 3.59. The summed E-state index contributed by atoms with van der Waals surface area (Å²) in [6.07, 6.45) is 26.0. The van der Waals surface area contributed by atoms with Crippen molar-refractivity contribution in [2.24, 2.45) is 0 Å². The quantitative estimate of drug-likeness (QED) is 0.0179. The lowest BCUT2D eigenvalue weighted by atomic mass is 9.98. The summed E-state index contributed by atoms with van der Waals surface area (Å²) < 4.78 is 34.0. The fraction of sp³-hybridized carbons (Fsp3) is 0.902. The number of carbonyl (C=O) groups is 1. The molecule has 2 fully saturated rings. The van der Waals surface area contributed by atoms with Crippen molar-refractivity contribution in [3.05, 3.63) is 24.3 Å². The number of esters is 1. The van der Waals surface area contributed by atoms with Gasteiger partial charge < -0.3 is 64.2 Å². The normalized spacial score (nSPS) is 26.7. The van der Waals surface area contributed by atoms with E-state index in [2.05, 4.69) is 38.2 Å². The molecule has 0 amide bonds. The van der Waals surface area contributed by atoms with Gasteiger partial charge in [-0.25, -0.2) is 0 Å². The number of allylic oxidation sites excluding steroid dienone is 4. The van der Waals surface area contributed by atoms with E-state index in [1.165, 1.54) is 116 Å². The zero-order chi connectivity index (χ0) is 47.3. The average molecular weight is 931 g/mol. The van der Waals surface area contributed by atoms with Gasteiger partial charge in [-0.3, -0.25) is 4.79 Å². The van der Waals surface area contributed by atoms with Crippen LogP contribution in [0.3, 0.4) is 0 Å². The molecule has 11 atom stereocenters. The number of aliphatic hydroxyl groups is 7. The van der Waals surface area contributed by atoms with Crippen LogP contribution in [0.2, 0.25) is 0 Å². The molecule has 0 aliphatic carbocycles. The molecule has 0 aromatic carbocycles. The Morgan fingerprint density at radius 1 is 0.508 bits per heavy atom. The van der Waals surface area contributed by atoms with E-state index in [1.807, 2.05) is 0 Å². The Morgan fingerprint density at radius 2 is 0.954 bits per heavy atom. The molecule has 2 saturated heterocycles. The van der Waals surface area contributed by atoms with Crippen molar-refractivity contribution in [3.8, 4) is 0 Å². The Balaban J connectivity index is 1.60. The van der Waals surface area contributed by atoms with Crippen molar-refractivity contribution in [1.82, 2.24) is 0 Å². The second-order valence-electron chi connectivity index (χ2n) is 18.3. The van der Waals surface area contributed by atoms with Crippen LogP contribution in [0, 0.1) is 0 Å². The molecular weight excluding hydrogens is 837 g/mol. The van der Waals surface area contributed by atoms with Crippen LogP contribution in [0.4, 0.5) is 0 Å². The molecule has 0 aromatic heterocycles. The second-order valence-corrected chi connectivity index (χ2v) is 18.3. The first-order valence-corrected chi connectivity index (χ1v) is 25.9. The van der Waals surface area contributed by atoms with E-state index in [0.717, 1.165) is 51.4 Å².